The van der Waals surface area contributed by atoms with Crippen molar-refractivity contribution in [1.29, 1.82) is 0 Å². The van der Waals surface area contributed by atoms with Crippen molar-refractivity contribution in [2.45, 2.75) is 6.54 Å². The Morgan fingerprint density at radius 1 is 1.25 bits per heavy atom. The molecule has 1 aliphatic heterocycles. The van der Waals surface area contributed by atoms with E-state index in [1.54, 1.807) is 37.7 Å². The quantitative estimate of drug-likeness (QED) is 0.907. The Labute approximate surface area is 141 Å². The minimum atomic E-state index is -0.883. The zero-order chi connectivity index (χ0) is 16.9. The first-order valence-electron chi connectivity index (χ1n) is 7.95. The molecule has 0 bridgehead atoms. The number of rotatable bonds is 5. The molecular weight excluding hydrogens is 306 g/mol. The molecule has 2 heterocycles. The van der Waals surface area contributed by atoms with Crippen LogP contribution in [0, 0.1) is 0 Å². The molecule has 6 heteroatoms. The Balaban J connectivity index is 1.61. The number of piperazine rings is 1. The summed E-state index contributed by atoms with van der Waals surface area (Å²) >= 11 is 0. The number of anilines is 1. The highest BCUT2D eigenvalue weighted by Crippen LogP contribution is 2.27. The summed E-state index contributed by atoms with van der Waals surface area (Å²) in [5.41, 5.74) is 2.44. The first kappa shape index (κ1) is 16.3. The molecule has 0 atom stereocenters. The van der Waals surface area contributed by atoms with Crippen LogP contribution in [-0.2, 0) is 6.54 Å². The van der Waals surface area contributed by atoms with Gasteiger partial charge in [0.25, 0.3) is 0 Å². The normalized spacial score (nSPS) is 15.3. The van der Waals surface area contributed by atoms with E-state index in [9.17, 15) is 4.79 Å². The van der Waals surface area contributed by atoms with E-state index in [0.29, 0.717) is 5.56 Å². The van der Waals surface area contributed by atoms with Crippen molar-refractivity contribution < 1.29 is 14.6 Å². The van der Waals surface area contributed by atoms with Gasteiger partial charge in [-0.2, -0.15) is 0 Å². The molecule has 0 saturated carbocycles. The van der Waals surface area contributed by atoms with Crippen molar-refractivity contribution in [2.24, 2.45) is 0 Å². The molecule has 1 aliphatic rings. The Morgan fingerprint density at radius 2 is 2.04 bits per heavy atom. The summed E-state index contributed by atoms with van der Waals surface area (Å²) in [6.45, 7) is 4.41. The number of aromatic carboxylic acids is 1. The van der Waals surface area contributed by atoms with E-state index in [1.165, 1.54) is 0 Å². The van der Waals surface area contributed by atoms with Gasteiger partial charge in [0.05, 0.1) is 24.6 Å². The van der Waals surface area contributed by atoms with Crippen LogP contribution in [0.5, 0.6) is 5.75 Å². The molecule has 2 aromatic rings. The number of carboxylic acid groups (broad SMARTS) is 1. The zero-order valence-electron chi connectivity index (χ0n) is 13.7. The van der Waals surface area contributed by atoms with E-state index in [1.807, 2.05) is 12.1 Å². The lowest BCUT2D eigenvalue weighted by atomic mass is 10.1. The Hall–Kier alpha value is -2.60. The average molecular weight is 327 g/mol. The summed E-state index contributed by atoms with van der Waals surface area (Å²) in [5, 5.41) is 9.09. The summed E-state index contributed by atoms with van der Waals surface area (Å²) in [6, 6.07) is 9.13. The predicted molar refractivity (Wildman–Crippen MR) is 91.7 cm³/mol. The van der Waals surface area contributed by atoms with Gasteiger partial charge in [-0.1, -0.05) is 12.1 Å². The predicted octanol–water partition coefficient (Wildman–Crippen LogP) is 2.11. The molecule has 1 aromatic heterocycles. The van der Waals surface area contributed by atoms with E-state index in [4.69, 9.17) is 9.84 Å². The molecule has 0 spiro atoms. The Bertz CT molecular complexity index is 712. The van der Waals surface area contributed by atoms with Crippen molar-refractivity contribution in [3.8, 4) is 5.75 Å². The standard InChI is InChI=1S/C18H21N3O3/c1-24-17-12-19-6-5-16(17)21-9-7-20(8-10-21)13-14-3-2-4-15(11-14)18(22)23/h2-6,11-12H,7-10,13H2,1H3,(H,22,23). The number of carbonyl (C=O) groups is 1. The number of aromatic nitrogens is 1. The van der Waals surface area contributed by atoms with Crippen LogP contribution >= 0.6 is 0 Å². The van der Waals surface area contributed by atoms with Gasteiger partial charge in [0.1, 0.15) is 0 Å². The van der Waals surface area contributed by atoms with Crippen LogP contribution in [0.25, 0.3) is 0 Å². The van der Waals surface area contributed by atoms with Gasteiger partial charge in [0, 0.05) is 38.9 Å². The van der Waals surface area contributed by atoms with Gasteiger partial charge in [-0.3, -0.25) is 9.88 Å². The molecule has 0 aliphatic carbocycles. The zero-order valence-corrected chi connectivity index (χ0v) is 13.7. The van der Waals surface area contributed by atoms with E-state index in [0.717, 1.165) is 49.7 Å². The fraction of sp³-hybridized carbons (Fsp3) is 0.333. The van der Waals surface area contributed by atoms with Gasteiger partial charge in [0.2, 0.25) is 0 Å². The number of ether oxygens (including phenoxy) is 1. The van der Waals surface area contributed by atoms with E-state index >= 15 is 0 Å². The molecule has 3 rings (SSSR count). The van der Waals surface area contributed by atoms with Crippen molar-refractivity contribution >= 4 is 11.7 Å². The Kier molecular flexibility index (Phi) is 4.96. The van der Waals surface area contributed by atoms with Crippen LogP contribution in [0.15, 0.2) is 42.7 Å². The number of nitrogens with zero attached hydrogens (tertiary/aromatic N) is 3. The number of carboxylic acids is 1. The number of hydrogen-bond acceptors (Lipinski definition) is 5. The van der Waals surface area contributed by atoms with Crippen LogP contribution in [-0.4, -0.2) is 54.2 Å². The lowest BCUT2D eigenvalue weighted by molar-refractivity contribution is 0.0696. The van der Waals surface area contributed by atoms with Crippen LogP contribution in [0.4, 0.5) is 5.69 Å². The number of methoxy groups -OCH3 is 1. The fourth-order valence-electron chi connectivity index (χ4n) is 3.00. The molecule has 1 N–H and O–H groups in total. The number of hydrogen-bond donors (Lipinski definition) is 1. The number of pyridine rings is 1. The summed E-state index contributed by atoms with van der Waals surface area (Å²) < 4.78 is 5.38. The van der Waals surface area contributed by atoms with Crippen LogP contribution < -0.4 is 9.64 Å². The van der Waals surface area contributed by atoms with Gasteiger partial charge in [-0.15, -0.1) is 0 Å². The van der Waals surface area contributed by atoms with Crippen LogP contribution in [0.2, 0.25) is 0 Å². The third kappa shape index (κ3) is 3.65. The SMILES string of the molecule is COc1cnccc1N1CCN(Cc2cccc(C(=O)O)c2)CC1. The van der Waals surface area contributed by atoms with E-state index in [-0.39, 0.29) is 0 Å². The van der Waals surface area contributed by atoms with Crippen LogP contribution in [0.3, 0.4) is 0 Å². The van der Waals surface area contributed by atoms with E-state index < -0.39 is 5.97 Å². The summed E-state index contributed by atoms with van der Waals surface area (Å²) in [5.74, 6) is -0.0911. The van der Waals surface area contributed by atoms with Gasteiger partial charge in [0.15, 0.2) is 5.75 Å². The second-order valence-electron chi connectivity index (χ2n) is 5.82. The first-order chi connectivity index (χ1) is 11.7. The molecule has 6 nitrogen and oxygen atoms in total. The lowest BCUT2D eigenvalue weighted by Gasteiger charge is -2.36. The van der Waals surface area contributed by atoms with Gasteiger partial charge in [-0.05, 0) is 23.8 Å². The molecular formula is C18H21N3O3. The average Bonchev–Trinajstić information content (AvgIpc) is 2.62. The molecule has 0 amide bonds. The molecule has 24 heavy (non-hydrogen) atoms. The summed E-state index contributed by atoms with van der Waals surface area (Å²) in [4.78, 5) is 19.8. The van der Waals surface area contributed by atoms with Gasteiger partial charge >= 0.3 is 5.97 Å². The first-order valence-corrected chi connectivity index (χ1v) is 7.95. The van der Waals surface area contributed by atoms with Crippen molar-refractivity contribution in [1.82, 2.24) is 9.88 Å². The molecule has 0 unspecified atom stereocenters. The topological polar surface area (TPSA) is 65.9 Å². The molecule has 0 radical (unpaired) electrons. The summed E-state index contributed by atoms with van der Waals surface area (Å²) in [7, 11) is 1.66. The minimum absolute atomic E-state index is 0.340. The highest BCUT2D eigenvalue weighted by molar-refractivity contribution is 5.87. The highest BCUT2D eigenvalue weighted by atomic mass is 16.5. The smallest absolute Gasteiger partial charge is 0.335 e. The Morgan fingerprint density at radius 3 is 2.75 bits per heavy atom. The molecule has 1 saturated heterocycles. The second kappa shape index (κ2) is 7.31. The van der Waals surface area contributed by atoms with Gasteiger partial charge < -0.3 is 14.7 Å². The van der Waals surface area contributed by atoms with Gasteiger partial charge in [-0.25, -0.2) is 4.79 Å². The fourth-order valence-corrected chi connectivity index (χ4v) is 3.00. The van der Waals surface area contributed by atoms with Crippen molar-refractivity contribution in [3.05, 3.63) is 53.9 Å². The maximum atomic E-state index is 11.1. The van der Waals surface area contributed by atoms with Crippen molar-refractivity contribution in [3.63, 3.8) is 0 Å². The summed E-state index contributed by atoms with van der Waals surface area (Å²) in [6.07, 6.45) is 3.51. The largest absolute Gasteiger partial charge is 0.493 e. The number of benzene rings is 1. The highest BCUT2D eigenvalue weighted by Gasteiger charge is 2.20. The maximum absolute atomic E-state index is 11.1. The van der Waals surface area contributed by atoms with E-state index in [2.05, 4.69) is 14.8 Å². The third-order valence-corrected chi connectivity index (χ3v) is 4.28. The molecule has 126 valence electrons. The third-order valence-electron chi connectivity index (χ3n) is 4.28. The lowest BCUT2D eigenvalue weighted by Crippen LogP contribution is -2.46. The molecule has 1 fully saturated rings. The van der Waals surface area contributed by atoms with Crippen molar-refractivity contribution in [2.75, 3.05) is 38.2 Å². The molecule has 1 aromatic carbocycles. The minimum Gasteiger partial charge on any atom is -0.493 e. The second-order valence-corrected chi connectivity index (χ2v) is 5.82. The van der Waals surface area contributed by atoms with Crippen LogP contribution in [0.1, 0.15) is 15.9 Å². The maximum Gasteiger partial charge on any atom is 0.335 e. The monoisotopic (exact) mass is 327 g/mol.